The van der Waals surface area contributed by atoms with Gasteiger partial charge in [-0.15, -0.1) is 11.3 Å². The van der Waals surface area contributed by atoms with Crippen molar-refractivity contribution >= 4 is 28.2 Å². The van der Waals surface area contributed by atoms with Crippen LogP contribution in [0.25, 0.3) is 0 Å². The Morgan fingerprint density at radius 3 is 2.80 bits per heavy atom. The standard InChI is InChI=1S/C17H23N5O2S/c1-4-6-22-7-5-11-13(9-22)25-17(14(11)15(18)23)19-16(24)12-8-10(2)21(3)20-12/h8H,4-7,9H2,1-3H3,(H2,18,23)(H,19,24). The Kier molecular flexibility index (Phi) is 4.91. The Hall–Kier alpha value is -2.19. The first-order valence-electron chi connectivity index (χ1n) is 8.39. The second-order valence-corrected chi connectivity index (χ2v) is 7.45. The number of amides is 2. The van der Waals surface area contributed by atoms with Crippen LogP contribution in [-0.2, 0) is 20.0 Å². The molecule has 2 aromatic heterocycles. The highest BCUT2D eigenvalue weighted by molar-refractivity contribution is 7.17. The molecule has 0 aliphatic carbocycles. The van der Waals surface area contributed by atoms with E-state index in [0.717, 1.165) is 48.6 Å². The van der Waals surface area contributed by atoms with Gasteiger partial charge in [-0.05, 0) is 37.9 Å². The van der Waals surface area contributed by atoms with Crippen molar-refractivity contribution < 1.29 is 9.59 Å². The molecule has 8 heteroatoms. The predicted octanol–water partition coefficient (Wildman–Crippen LogP) is 1.91. The van der Waals surface area contributed by atoms with E-state index in [9.17, 15) is 9.59 Å². The van der Waals surface area contributed by atoms with Crippen LogP contribution in [0, 0.1) is 6.92 Å². The zero-order valence-corrected chi connectivity index (χ0v) is 15.6. The number of aromatic nitrogens is 2. The number of fused-ring (bicyclic) bond motifs is 1. The van der Waals surface area contributed by atoms with Crippen LogP contribution in [0.5, 0.6) is 0 Å². The third-order valence-corrected chi connectivity index (χ3v) is 5.63. The van der Waals surface area contributed by atoms with E-state index in [1.165, 1.54) is 11.3 Å². The number of anilines is 1. The predicted molar refractivity (Wildman–Crippen MR) is 98.0 cm³/mol. The average molecular weight is 361 g/mol. The summed E-state index contributed by atoms with van der Waals surface area (Å²) < 4.78 is 1.64. The fourth-order valence-electron chi connectivity index (χ4n) is 3.15. The van der Waals surface area contributed by atoms with Crippen LogP contribution in [0.15, 0.2) is 6.07 Å². The first kappa shape index (κ1) is 17.6. The summed E-state index contributed by atoms with van der Waals surface area (Å²) in [5.41, 5.74) is 8.26. The lowest BCUT2D eigenvalue weighted by atomic mass is 10.0. The molecular formula is C17H23N5O2S. The number of nitrogens with one attached hydrogen (secondary N) is 1. The molecular weight excluding hydrogens is 338 g/mol. The van der Waals surface area contributed by atoms with Gasteiger partial charge >= 0.3 is 0 Å². The fraction of sp³-hybridized carbons (Fsp3) is 0.471. The highest BCUT2D eigenvalue weighted by Gasteiger charge is 2.28. The number of carbonyl (C=O) groups excluding carboxylic acids is 2. The Labute approximate surface area is 150 Å². The molecule has 0 spiro atoms. The number of primary amides is 1. The molecule has 0 radical (unpaired) electrons. The normalized spacial score (nSPS) is 14.4. The summed E-state index contributed by atoms with van der Waals surface area (Å²) in [4.78, 5) is 27.9. The van der Waals surface area contributed by atoms with Crippen LogP contribution in [0.4, 0.5) is 5.00 Å². The zero-order valence-electron chi connectivity index (χ0n) is 14.8. The number of thiophene rings is 1. The SMILES string of the molecule is CCCN1CCc2c(sc(NC(=O)c3cc(C)n(C)n3)c2C(N)=O)C1. The molecule has 0 bridgehead atoms. The summed E-state index contributed by atoms with van der Waals surface area (Å²) in [5, 5.41) is 7.55. The van der Waals surface area contributed by atoms with Gasteiger partial charge in [0.05, 0.1) is 5.56 Å². The minimum atomic E-state index is -0.492. The Balaban J connectivity index is 1.88. The van der Waals surface area contributed by atoms with Crippen molar-refractivity contribution in [2.75, 3.05) is 18.4 Å². The average Bonchev–Trinajstić information content (AvgIpc) is 3.07. The van der Waals surface area contributed by atoms with Crippen molar-refractivity contribution in [2.24, 2.45) is 12.8 Å². The molecule has 3 N–H and O–H groups in total. The maximum atomic E-state index is 12.5. The third kappa shape index (κ3) is 3.45. The lowest BCUT2D eigenvalue weighted by molar-refractivity contribution is 0.1000. The van der Waals surface area contributed by atoms with Crippen LogP contribution in [0.1, 0.15) is 50.3 Å². The summed E-state index contributed by atoms with van der Waals surface area (Å²) >= 11 is 1.44. The van der Waals surface area contributed by atoms with Gasteiger partial charge in [-0.3, -0.25) is 19.2 Å². The maximum absolute atomic E-state index is 12.5. The molecule has 0 saturated carbocycles. The number of carbonyl (C=O) groups is 2. The van der Waals surface area contributed by atoms with Gasteiger partial charge in [0.15, 0.2) is 5.69 Å². The van der Waals surface area contributed by atoms with E-state index in [0.29, 0.717) is 16.3 Å². The largest absolute Gasteiger partial charge is 0.365 e. The second-order valence-electron chi connectivity index (χ2n) is 6.35. The Morgan fingerprint density at radius 1 is 1.44 bits per heavy atom. The molecule has 0 atom stereocenters. The topological polar surface area (TPSA) is 93.2 Å². The quantitative estimate of drug-likeness (QED) is 0.851. The Bertz CT molecular complexity index is 804. The fourth-order valence-corrected chi connectivity index (χ4v) is 4.44. The summed E-state index contributed by atoms with van der Waals surface area (Å²) in [6, 6.07) is 1.72. The van der Waals surface area contributed by atoms with Gasteiger partial charge in [-0.25, -0.2) is 0 Å². The van der Waals surface area contributed by atoms with Crippen molar-refractivity contribution in [3.8, 4) is 0 Å². The summed E-state index contributed by atoms with van der Waals surface area (Å²) in [5.74, 6) is -0.816. The van der Waals surface area contributed by atoms with Crippen LogP contribution >= 0.6 is 11.3 Å². The van der Waals surface area contributed by atoms with E-state index >= 15 is 0 Å². The highest BCUT2D eigenvalue weighted by Crippen LogP contribution is 2.37. The minimum Gasteiger partial charge on any atom is -0.365 e. The molecule has 1 aliphatic heterocycles. The molecule has 2 amide bonds. The molecule has 7 nitrogen and oxygen atoms in total. The number of hydrogen-bond acceptors (Lipinski definition) is 5. The van der Waals surface area contributed by atoms with E-state index in [-0.39, 0.29) is 5.91 Å². The minimum absolute atomic E-state index is 0.324. The second kappa shape index (κ2) is 6.97. The van der Waals surface area contributed by atoms with E-state index in [1.807, 2.05) is 6.92 Å². The van der Waals surface area contributed by atoms with Gasteiger partial charge in [0.2, 0.25) is 0 Å². The maximum Gasteiger partial charge on any atom is 0.276 e. The van der Waals surface area contributed by atoms with Crippen LogP contribution in [-0.4, -0.2) is 39.6 Å². The van der Waals surface area contributed by atoms with Crippen molar-refractivity contribution in [1.82, 2.24) is 14.7 Å². The number of nitrogens with zero attached hydrogens (tertiary/aromatic N) is 3. The van der Waals surface area contributed by atoms with Gasteiger partial charge in [0.25, 0.3) is 11.8 Å². The van der Waals surface area contributed by atoms with Gasteiger partial charge in [0, 0.05) is 30.7 Å². The summed E-state index contributed by atoms with van der Waals surface area (Å²) in [6.07, 6.45) is 1.87. The molecule has 3 heterocycles. The molecule has 0 aromatic carbocycles. The van der Waals surface area contributed by atoms with Crippen LogP contribution in [0.3, 0.4) is 0 Å². The van der Waals surface area contributed by atoms with Crippen molar-refractivity contribution in [1.29, 1.82) is 0 Å². The lowest BCUT2D eigenvalue weighted by Crippen LogP contribution is -2.31. The zero-order chi connectivity index (χ0) is 18.1. The third-order valence-electron chi connectivity index (χ3n) is 4.50. The first-order valence-corrected chi connectivity index (χ1v) is 9.21. The molecule has 0 saturated heterocycles. The van der Waals surface area contributed by atoms with E-state index in [4.69, 9.17) is 5.73 Å². The van der Waals surface area contributed by atoms with Gasteiger partial charge in [0.1, 0.15) is 5.00 Å². The molecule has 1 aliphatic rings. The van der Waals surface area contributed by atoms with E-state index in [2.05, 4.69) is 22.2 Å². The molecule has 0 fully saturated rings. The van der Waals surface area contributed by atoms with E-state index < -0.39 is 5.91 Å². The number of aryl methyl sites for hydroxylation is 2. The number of nitrogens with two attached hydrogens (primary N) is 1. The monoisotopic (exact) mass is 361 g/mol. The van der Waals surface area contributed by atoms with Gasteiger partial charge < -0.3 is 11.1 Å². The molecule has 25 heavy (non-hydrogen) atoms. The molecule has 2 aromatic rings. The lowest BCUT2D eigenvalue weighted by Gasteiger charge is -2.26. The first-order chi connectivity index (χ1) is 11.9. The molecule has 3 rings (SSSR count). The number of hydrogen-bond donors (Lipinski definition) is 2. The summed E-state index contributed by atoms with van der Waals surface area (Å²) in [7, 11) is 1.78. The van der Waals surface area contributed by atoms with Crippen molar-refractivity contribution in [3.63, 3.8) is 0 Å². The highest BCUT2D eigenvalue weighted by atomic mass is 32.1. The van der Waals surface area contributed by atoms with Crippen LogP contribution < -0.4 is 11.1 Å². The van der Waals surface area contributed by atoms with E-state index in [1.54, 1.807) is 17.8 Å². The molecule has 134 valence electrons. The smallest absolute Gasteiger partial charge is 0.276 e. The van der Waals surface area contributed by atoms with Gasteiger partial charge in [-0.1, -0.05) is 6.92 Å². The van der Waals surface area contributed by atoms with Gasteiger partial charge in [-0.2, -0.15) is 5.10 Å². The summed E-state index contributed by atoms with van der Waals surface area (Å²) in [6.45, 7) is 6.76. The molecule has 0 unspecified atom stereocenters. The van der Waals surface area contributed by atoms with Crippen LogP contribution in [0.2, 0.25) is 0 Å². The number of rotatable bonds is 5. The van der Waals surface area contributed by atoms with Crippen molar-refractivity contribution in [3.05, 3.63) is 33.5 Å². The van der Waals surface area contributed by atoms with Crippen molar-refractivity contribution in [2.45, 2.75) is 33.2 Å². The Morgan fingerprint density at radius 2 is 2.20 bits per heavy atom.